The van der Waals surface area contributed by atoms with Crippen LogP contribution in [0.2, 0.25) is 0 Å². The SMILES string of the molecule is Cc1nc(N(C)CC(=O)N2CCNCC2)cc(=O)[nH]1. The van der Waals surface area contributed by atoms with Crippen LogP contribution in [0.25, 0.3) is 0 Å². The molecule has 1 aliphatic rings. The van der Waals surface area contributed by atoms with Gasteiger partial charge >= 0.3 is 0 Å². The highest BCUT2D eigenvalue weighted by Gasteiger charge is 2.18. The molecule has 1 aromatic rings. The van der Waals surface area contributed by atoms with E-state index in [0.29, 0.717) is 11.6 Å². The summed E-state index contributed by atoms with van der Waals surface area (Å²) in [6.45, 7) is 5.07. The second-order valence-corrected chi connectivity index (χ2v) is 4.68. The number of hydrogen-bond donors (Lipinski definition) is 2. The van der Waals surface area contributed by atoms with Crippen LogP contribution >= 0.6 is 0 Å². The van der Waals surface area contributed by atoms with Gasteiger partial charge in [0.05, 0.1) is 6.54 Å². The van der Waals surface area contributed by atoms with E-state index in [1.165, 1.54) is 6.07 Å². The van der Waals surface area contributed by atoms with Crippen molar-refractivity contribution in [1.82, 2.24) is 20.2 Å². The average molecular weight is 265 g/mol. The van der Waals surface area contributed by atoms with Gasteiger partial charge in [0.2, 0.25) is 5.91 Å². The number of aryl methyl sites for hydroxylation is 1. The number of carbonyl (C=O) groups excluding carboxylic acids is 1. The third kappa shape index (κ3) is 3.54. The highest BCUT2D eigenvalue weighted by atomic mass is 16.2. The van der Waals surface area contributed by atoms with Crippen molar-refractivity contribution >= 4 is 11.7 Å². The monoisotopic (exact) mass is 265 g/mol. The Morgan fingerprint density at radius 2 is 2.16 bits per heavy atom. The molecule has 1 saturated heterocycles. The zero-order chi connectivity index (χ0) is 13.8. The summed E-state index contributed by atoms with van der Waals surface area (Å²) in [5, 5.41) is 3.20. The van der Waals surface area contributed by atoms with E-state index in [1.54, 1.807) is 18.9 Å². The molecule has 19 heavy (non-hydrogen) atoms. The summed E-state index contributed by atoms with van der Waals surface area (Å²) in [4.78, 5) is 33.8. The van der Waals surface area contributed by atoms with Crippen LogP contribution in [0.3, 0.4) is 0 Å². The molecule has 2 heterocycles. The van der Waals surface area contributed by atoms with Crippen molar-refractivity contribution < 1.29 is 4.79 Å². The summed E-state index contributed by atoms with van der Waals surface area (Å²) in [6, 6.07) is 1.40. The van der Waals surface area contributed by atoms with Crippen LogP contribution in [0.15, 0.2) is 10.9 Å². The molecule has 0 atom stereocenters. The molecule has 0 bridgehead atoms. The Labute approximate surface area is 111 Å². The van der Waals surface area contributed by atoms with Crippen molar-refractivity contribution in [1.29, 1.82) is 0 Å². The van der Waals surface area contributed by atoms with E-state index in [9.17, 15) is 9.59 Å². The van der Waals surface area contributed by atoms with Gasteiger partial charge in [-0.15, -0.1) is 0 Å². The quantitative estimate of drug-likeness (QED) is 0.728. The number of piperazine rings is 1. The third-order valence-electron chi connectivity index (χ3n) is 3.08. The van der Waals surface area contributed by atoms with Crippen molar-refractivity contribution in [2.45, 2.75) is 6.92 Å². The molecule has 2 N–H and O–H groups in total. The van der Waals surface area contributed by atoms with Crippen molar-refractivity contribution in [3.8, 4) is 0 Å². The van der Waals surface area contributed by atoms with E-state index in [2.05, 4.69) is 15.3 Å². The number of aromatic amines is 1. The summed E-state index contributed by atoms with van der Waals surface area (Å²) >= 11 is 0. The lowest BCUT2D eigenvalue weighted by atomic mass is 10.3. The summed E-state index contributed by atoms with van der Waals surface area (Å²) in [5.41, 5.74) is -0.205. The molecule has 104 valence electrons. The van der Waals surface area contributed by atoms with Gasteiger partial charge in [-0.3, -0.25) is 9.59 Å². The zero-order valence-corrected chi connectivity index (χ0v) is 11.3. The summed E-state index contributed by atoms with van der Waals surface area (Å²) in [7, 11) is 1.77. The molecule has 0 aromatic carbocycles. The Hall–Kier alpha value is -1.89. The van der Waals surface area contributed by atoms with Crippen LogP contribution in [-0.2, 0) is 4.79 Å². The van der Waals surface area contributed by atoms with Crippen molar-refractivity contribution in [2.75, 3.05) is 44.7 Å². The molecular weight excluding hydrogens is 246 g/mol. The smallest absolute Gasteiger partial charge is 0.252 e. The fraction of sp³-hybridized carbons (Fsp3) is 0.583. The van der Waals surface area contributed by atoms with E-state index in [1.807, 2.05) is 4.90 Å². The number of amides is 1. The van der Waals surface area contributed by atoms with Crippen LogP contribution < -0.4 is 15.8 Å². The first kappa shape index (κ1) is 13.5. The molecule has 0 spiro atoms. The lowest BCUT2D eigenvalue weighted by molar-refractivity contribution is -0.130. The second-order valence-electron chi connectivity index (χ2n) is 4.68. The summed E-state index contributed by atoms with van der Waals surface area (Å²) in [6.07, 6.45) is 0. The fourth-order valence-corrected chi connectivity index (χ4v) is 2.06. The molecule has 0 saturated carbocycles. The normalized spacial score (nSPS) is 15.4. The second kappa shape index (κ2) is 5.83. The lowest BCUT2D eigenvalue weighted by Gasteiger charge is -2.29. The molecule has 0 unspecified atom stereocenters. The van der Waals surface area contributed by atoms with Crippen molar-refractivity contribution in [3.05, 3.63) is 22.2 Å². The van der Waals surface area contributed by atoms with E-state index in [-0.39, 0.29) is 18.0 Å². The van der Waals surface area contributed by atoms with Crippen LogP contribution in [-0.4, -0.2) is 60.5 Å². The first-order valence-electron chi connectivity index (χ1n) is 6.34. The van der Waals surface area contributed by atoms with Gasteiger partial charge in [0.1, 0.15) is 11.6 Å². The molecule has 7 nitrogen and oxygen atoms in total. The van der Waals surface area contributed by atoms with Gasteiger partial charge in [-0.25, -0.2) is 4.98 Å². The maximum absolute atomic E-state index is 12.1. The predicted molar refractivity (Wildman–Crippen MR) is 72.3 cm³/mol. The first-order valence-corrected chi connectivity index (χ1v) is 6.34. The van der Waals surface area contributed by atoms with Gasteiger partial charge in [0.15, 0.2) is 0 Å². The Morgan fingerprint density at radius 1 is 1.47 bits per heavy atom. The number of hydrogen-bond acceptors (Lipinski definition) is 5. The molecule has 2 rings (SSSR count). The lowest BCUT2D eigenvalue weighted by Crippen LogP contribution is -2.49. The minimum absolute atomic E-state index is 0.0590. The van der Waals surface area contributed by atoms with Gasteiger partial charge in [-0.05, 0) is 6.92 Å². The van der Waals surface area contributed by atoms with Gasteiger partial charge in [-0.1, -0.05) is 0 Å². The fourth-order valence-electron chi connectivity index (χ4n) is 2.06. The molecule has 1 fully saturated rings. The minimum atomic E-state index is -0.205. The van der Waals surface area contributed by atoms with Crippen molar-refractivity contribution in [3.63, 3.8) is 0 Å². The molecular formula is C12H19N5O2. The standard InChI is InChI=1S/C12H19N5O2/c1-9-14-10(7-11(18)15-9)16(2)8-12(19)17-5-3-13-4-6-17/h7,13H,3-6,8H2,1-2H3,(H,14,15,18). The highest BCUT2D eigenvalue weighted by Crippen LogP contribution is 2.06. The highest BCUT2D eigenvalue weighted by molar-refractivity contribution is 5.81. The predicted octanol–water partition coefficient (Wildman–Crippen LogP) is -1.05. The average Bonchev–Trinajstić information content (AvgIpc) is 2.38. The van der Waals surface area contributed by atoms with E-state index in [4.69, 9.17) is 0 Å². The van der Waals surface area contributed by atoms with E-state index >= 15 is 0 Å². The molecule has 1 aliphatic heterocycles. The van der Waals surface area contributed by atoms with Crippen LogP contribution in [0, 0.1) is 6.92 Å². The number of anilines is 1. The number of likely N-dealkylation sites (N-methyl/N-ethyl adjacent to an activating group) is 1. The number of nitrogens with one attached hydrogen (secondary N) is 2. The van der Waals surface area contributed by atoms with Crippen LogP contribution in [0.5, 0.6) is 0 Å². The number of rotatable bonds is 3. The molecule has 0 aliphatic carbocycles. The molecule has 1 amide bonds. The Kier molecular flexibility index (Phi) is 4.16. The Bertz CT molecular complexity index is 507. The molecule has 0 radical (unpaired) electrons. The Balaban J connectivity index is 2.01. The number of H-pyrrole nitrogens is 1. The number of carbonyl (C=O) groups is 1. The van der Waals surface area contributed by atoms with Gasteiger partial charge in [0, 0.05) is 39.3 Å². The minimum Gasteiger partial charge on any atom is -0.350 e. The largest absolute Gasteiger partial charge is 0.350 e. The maximum Gasteiger partial charge on any atom is 0.252 e. The van der Waals surface area contributed by atoms with Gasteiger partial charge in [0.25, 0.3) is 5.56 Å². The van der Waals surface area contributed by atoms with E-state index < -0.39 is 0 Å². The molecule has 1 aromatic heterocycles. The topological polar surface area (TPSA) is 81.3 Å². The zero-order valence-electron chi connectivity index (χ0n) is 11.3. The van der Waals surface area contributed by atoms with Crippen molar-refractivity contribution in [2.24, 2.45) is 0 Å². The molecule has 7 heteroatoms. The Morgan fingerprint density at radius 3 is 2.79 bits per heavy atom. The van der Waals surface area contributed by atoms with E-state index in [0.717, 1.165) is 26.2 Å². The van der Waals surface area contributed by atoms with Crippen LogP contribution in [0.4, 0.5) is 5.82 Å². The van der Waals surface area contributed by atoms with Gasteiger partial charge < -0.3 is 20.1 Å². The van der Waals surface area contributed by atoms with Gasteiger partial charge in [-0.2, -0.15) is 0 Å². The first-order chi connectivity index (χ1) is 9.06. The number of aromatic nitrogens is 2. The summed E-state index contributed by atoms with van der Waals surface area (Å²) < 4.78 is 0. The number of nitrogens with zero attached hydrogens (tertiary/aromatic N) is 3. The van der Waals surface area contributed by atoms with Crippen LogP contribution in [0.1, 0.15) is 5.82 Å². The third-order valence-corrected chi connectivity index (χ3v) is 3.08. The summed E-state index contributed by atoms with van der Waals surface area (Å²) in [5.74, 6) is 1.12. The maximum atomic E-state index is 12.1.